The Labute approximate surface area is 128 Å². The van der Waals surface area contributed by atoms with Crippen LogP contribution in [0.1, 0.15) is 55.2 Å². The SMILES string of the molecule is CCc1cc(C(Cc2ccc(C(C)C)cc2)NC)n(C)n1. The Balaban J connectivity index is 2.16. The standard InChI is InChI=1S/C18H27N3/c1-6-16-12-18(21(5)20-16)17(19-4)11-14-7-9-15(10-8-14)13(2)3/h7-10,12-13,17,19H,6,11H2,1-5H3. The van der Waals surface area contributed by atoms with E-state index in [0.717, 1.165) is 18.5 Å². The number of hydrogen-bond acceptors (Lipinski definition) is 2. The molecule has 0 bridgehead atoms. The molecule has 0 aliphatic rings. The van der Waals surface area contributed by atoms with E-state index in [0.29, 0.717) is 12.0 Å². The number of aryl methyl sites for hydroxylation is 2. The third-order valence-electron chi connectivity index (χ3n) is 4.12. The van der Waals surface area contributed by atoms with Crippen molar-refractivity contribution in [3.8, 4) is 0 Å². The van der Waals surface area contributed by atoms with Crippen molar-refractivity contribution in [1.29, 1.82) is 0 Å². The van der Waals surface area contributed by atoms with Gasteiger partial charge in [-0.1, -0.05) is 45.0 Å². The lowest BCUT2D eigenvalue weighted by atomic mass is 9.98. The van der Waals surface area contributed by atoms with Gasteiger partial charge in [-0.25, -0.2) is 0 Å². The van der Waals surface area contributed by atoms with Crippen molar-refractivity contribution < 1.29 is 0 Å². The maximum absolute atomic E-state index is 4.55. The highest BCUT2D eigenvalue weighted by Gasteiger charge is 2.15. The summed E-state index contributed by atoms with van der Waals surface area (Å²) in [4.78, 5) is 0. The zero-order valence-corrected chi connectivity index (χ0v) is 13.9. The number of rotatable bonds is 6. The van der Waals surface area contributed by atoms with Crippen LogP contribution in [0, 0.1) is 0 Å². The molecular formula is C18H27N3. The first-order valence-electron chi connectivity index (χ1n) is 7.84. The fraction of sp³-hybridized carbons (Fsp3) is 0.500. The van der Waals surface area contributed by atoms with Gasteiger partial charge < -0.3 is 5.32 Å². The fourth-order valence-electron chi connectivity index (χ4n) is 2.67. The Kier molecular flexibility index (Phi) is 5.18. The second-order valence-electron chi connectivity index (χ2n) is 5.98. The van der Waals surface area contributed by atoms with Gasteiger partial charge in [0.1, 0.15) is 0 Å². The van der Waals surface area contributed by atoms with E-state index in [9.17, 15) is 0 Å². The molecule has 0 aliphatic carbocycles. The molecule has 0 saturated carbocycles. The number of nitrogens with one attached hydrogen (secondary N) is 1. The lowest BCUT2D eigenvalue weighted by molar-refractivity contribution is 0.536. The van der Waals surface area contributed by atoms with Crippen molar-refractivity contribution in [3.05, 3.63) is 52.8 Å². The first-order chi connectivity index (χ1) is 10.0. The molecule has 3 nitrogen and oxygen atoms in total. The molecule has 3 heteroatoms. The topological polar surface area (TPSA) is 29.9 Å². The number of aromatic nitrogens is 2. The molecule has 0 saturated heterocycles. The number of benzene rings is 1. The molecule has 1 unspecified atom stereocenters. The van der Waals surface area contributed by atoms with Crippen LogP contribution in [0.15, 0.2) is 30.3 Å². The van der Waals surface area contributed by atoms with Crippen molar-refractivity contribution in [1.82, 2.24) is 15.1 Å². The summed E-state index contributed by atoms with van der Waals surface area (Å²) in [5, 5.41) is 7.98. The molecule has 1 heterocycles. The number of likely N-dealkylation sites (N-methyl/N-ethyl adjacent to an activating group) is 1. The second-order valence-corrected chi connectivity index (χ2v) is 5.98. The van der Waals surface area contributed by atoms with Crippen LogP contribution in [0.2, 0.25) is 0 Å². The van der Waals surface area contributed by atoms with Gasteiger partial charge in [0.15, 0.2) is 0 Å². The van der Waals surface area contributed by atoms with Crippen LogP contribution in [0.3, 0.4) is 0 Å². The van der Waals surface area contributed by atoms with Gasteiger partial charge in [-0.3, -0.25) is 4.68 Å². The predicted molar refractivity (Wildman–Crippen MR) is 88.6 cm³/mol. The molecule has 1 aromatic carbocycles. The lowest BCUT2D eigenvalue weighted by Gasteiger charge is -2.17. The molecule has 2 rings (SSSR count). The molecule has 1 N–H and O–H groups in total. The monoisotopic (exact) mass is 285 g/mol. The van der Waals surface area contributed by atoms with Crippen molar-refractivity contribution in [2.45, 2.75) is 45.6 Å². The number of nitrogens with zero attached hydrogens (tertiary/aromatic N) is 2. The predicted octanol–water partition coefficient (Wildman–Crippen LogP) is 3.61. The third-order valence-corrected chi connectivity index (χ3v) is 4.12. The summed E-state index contributed by atoms with van der Waals surface area (Å²) >= 11 is 0. The van der Waals surface area contributed by atoms with Crippen LogP contribution >= 0.6 is 0 Å². The largest absolute Gasteiger partial charge is 0.311 e. The zero-order valence-electron chi connectivity index (χ0n) is 13.9. The minimum Gasteiger partial charge on any atom is -0.311 e. The zero-order chi connectivity index (χ0) is 15.4. The molecular weight excluding hydrogens is 258 g/mol. The van der Waals surface area contributed by atoms with E-state index < -0.39 is 0 Å². The molecule has 0 aliphatic heterocycles. The molecule has 0 fully saturated rings. The molecule has 114 valence electrons. The Morgan fingerprint density at radius 1 is 1.19 bits per heavy atom. The Morgan fingerprint density at radius 3 is 2.33 bits per heavy atom. The highest BCUT2D eigenvalue weighted by Crippen LogP contribution is 2.21. The average molecular weight is 285 g/mol. The summed E-state index contributed by atoms with van der Waals surface area (Å²) in [6.07, 6.45) is 1.96. The van der Waals surface area contributed by atoms with Crippen molar-refractivity contribution >= 4 is 0 Å². The molecule has 0 spiro atoms. The van der Waals surface area contributed by atoms with Crippen LogP contribution in [-0.4, -0.2) is 16.8 Å². The van der Waals surface area contributed by atoms with Gasteiger partial charge in [-0.15, -0.1) is 0 Å². The summed E-state index contributed by atoms with van der Waals surface area (Å²) in [6, 6.07) is 11.5. The van der Waals surface area contributed by atoms with Gasteiger partial charge in [0.25, 0.3) is 0 Å². The van der Waals surface area contributed by atoms with Crippen molar-refractivity contribution in [3.63, 3.8) is 0 Å². The second kappa shape index (κ2) is 6.90. The quantitative estimate of drug-likeness (QED) is 0.878. The van der Waals surface area contributed by atoms with E-state index >= 15 is 0 Å². The van der Waals surface area contributed by atoms with Gasteiger partial charge in [0.05, 0.1) is 17.4 Å². The molecule has 2 aromatic rings. The van der Waals surface area contributed by atoms with E-state index in [-0.39, 0.29) is 0 Å². The average Bonchev–Trinajstić information content (AvgIpc) is 2.86. The van der Waals surface area contributed by atoms with Gasteiger partial charge in [0.2, 0.25) is 0 Å². The van der Waals surface area contributed by atoms with E-state index in [1.54, 1.807) is 0 Å². The molecule has 0 amide bonds. The van der Waals surface area contributed by atoms with Crippen molar-refractivity contribution in [2.24, 2.45) is 7.05 Å². The van der Waals surface area contributed by atoms with Crippen molar-refractivity contribution in [2.75, 3.05) is 7.05 Å². The summed E-state index contributed by atoms with van der Waals surface area (Å²) in [5.74, 6) is 0.586. The van der Waals surface area contributed by atoms with Crippen LogP contribution in [0.25, 0.3) is 0 Å². The summed E-state index contributed by atoms with van der Waals surface area (Å²) in [6.45, 7) is 6.60. The normalized spacial score (nSPS) is 12.9. The van der Waals surface area contributed by atoms with Gasteiger partial charge in [-0.05, 0) is 43.0 Å². The van der Waals surface area contributed by atoms with Crippen LogP contribution in [0.5, 0.6) is 0 Å². The van der Waals surface area contributed by atoms with E-state index in [4.69, 9.17) is 0 Å². The van der Waals surface area contributed by atoms with E-state index in [1.165, 1.54) is 16.8 Å². The molecule has 0 radical (unpaired) electrons. The summed E-state index contributed by atoms with van der Waals surface area (Å²) < 4.78 is 2.00. The minimum absolute atomic E-state index is 0.299. The maximum atomic E-state index is 4.55. The first-order valence-corrected chi connectivity index (χ1v) is 7.84. The highest BCUT2D eigenvalue weighted by molar-refractivity contribution is 5.26. The van der Waals surface area contributed by atoms with Gasteiger partial charge >= 0.3 is 0 Å². The molecule has 1 atom stereocenters. The smallest absolute Gasteiger partial charge is 0.0625 e. The minimum atomic E-state index is 0.299. The van der Waals surface area contributed by atoms with E-state index in [1.807, 2.05) is 18.8 Å². The lowest BCUT2D eigenvalue weighted by Crippen LogP contribution is -2.21. The van der Waals surface area contributed by atoms with Gasteiger partial charge in [-0.2, -0.15) is 5.10 Å². The molecule has 1 aromatic heterocycles. The Bertz CT molecular complexity index is 567. The highest BCUT2D eigenvalue weighted by atomic mass is 15.3. The Morgan fingerprint density at radius 2 is 1.86 bits per heavy atom. The first kappa shape index (κ1) is 15.8. The molecule has 21 heavy (non-hydrogen) atoms. The summed E-state index contributed by atoms with van der Waals surface area (Å²) in [7, 11) is 4.05. The van der Waals surface area contributed by atoms with Crippen LogP contribution in [-0.2, 0) is 19.9 Å². The third kappa shape index (κ3) is 3.73. The summed E-state index contributed by atoms with van der Waals surface area (Å²) in [5.41, 5.74) is 5.16. The maximum Gasteiger partial charge on any atom is 0.0625 e. The van der Waals surface area contributed by atoms with Crippen LogP contribution in [0.4, 0.5) is 0 Å². The van der Waals surface area contributed by atoms with Crippen LogP contribution < -0.4 is 5.32 Å². The Hall–Kier alpha value is -1.61. The van der Waals surface area contributed by atoms with E-state index in [2.05, 4.69) is 61.5 Å². The fourth-order valence-corrected chi connectivity index (χ4v) is 2.67. The van der Waals surface area contributed by atoms with Gasteiger partial charge in [0, 0.05) is 7.05 Å². The number of hydrogen-bond donors (Lipinski definition) is 1.